The number of piperazine rings is 1. The van der Waals surface area contributed by atoms with E-state index < -0.39 is 10.0 Å². The number of nitrogens with zero attached hydrogens (tertiary/aromatic N) is 2. The average molecular weight is 416 g/mol. The lowest BCUT2D eigenvalue weighted by Gasteiger charge is -2.33. The van der Waals surface area contributed by atoms with Crippen molar-refractivity contribution in [1.82, 2.24) is 9.21 Å². The highest BCUT2D eigenvalue weighted by molar-refractivity contribution is 7.92. The Bertz CT molecular complexity index is 981. The molecular weight excluding hydrogens is 392 g/mol. The summed E-state index contributed by atoms with van der Waals surface area (Å²) in [5.41, 5.74) is 1.29. The molecule has 1 amide bonds. The first-order chi connectivity index (χ1) is 13.9. The number of ether oxygens (including phenoxy) is 2. The van der Waals surface area contributed by atoms with Crippen LogP contribution in [0.1, 0.15) is 15.9 Å². The molecule has 1 saturated heterocycles. The summed E-state index contributed by atoms with van der Waals surface area (Å²) in [6.07, 6.45) is 1.58. The quantitative estimate of drug-likeness (QED) is 0.723. The first kappa shape index (κ1) is 20.9. The molecule has 1 fully saturated rings. The highest BCUT2D eigenvalue weighted by Gasteiger charge is 2.28. The lowest BCUT2D eigenvalue weighted by Crippen LogP contribution is -2.50. The molecule has 0 spiro atoms. The van der Waals surface area contributed by atoms with Crippen molar-refractivity contribution in [1.29, 1.82) is 0 Å². The van der Waals surface area contributed by atoms with Crippen molar-refractivity contribution in [2.45, 2.75) is 0 Å². The molecule has 2 aromatic carbocycles. The molecule has 29 heavy (non-hydrogen) atoms. The number of hydrogen-bond donors (Lipinski definition) is 0. The van der Waals surface area contributed by atoms with Crippen LogP contribution in [0.15, 0.2) is 53.9 Å². The van der Waals surface area contributed by atoms with Gasteiger partial charge in [0.25, 0.3) is 5.91 Å². The Hall–Kier alpha value is -2.84. The second-order valence-electron chi connectivity index (χ2n) is 6.52. The van der Waals surface area contributed by atoms with Crippen molar-refractivity contribution in [3.05, 3.63) is 65.1 Å². The van der Waals surface area contributed by atoms with Gasteiger partial charge in [0.2, 0.25) is 10.0 Å². The largest absolute Gasteiger partial charge is 0.493 e. The minimum atomic E-state index is -3.54. The molecule has 1 heterocycles. The van der Waals surface area contributed by atoms with Gasteiger partial charge in [0.1, 0.15) is 0 Å². The summed E-state index contributed by atoms with van der Waals surface area (Å²) >= 11 is 0. The van der Waals surface area contributed by atoms with Crippen LogP contribution in [-0.4, -0.2) is 63.9 Å². The minimum Gasteiger partial charge on any atom is -0.493 e. The minimum absolute atomic E-state index is 0.164. The summed E-state index contributed by atoms with van der Waals surface area (Å²) in [5.74, 6) is 0.860. The summed E-state index contributed by atoms with van der Waals surface area (Å²) < 4.78 is 37.0. The molecule has 7 nitrogen and oxygen atoms in total. The van der Waals surface area contributed by atoms with E-state index in [9.17, 15) is 13.2 Å². The van der Waals surface area contributed by atoms with Crippen molar-refractivity contribution in [3.8, 4) is 11.5 Å². The van der Waals surface area contributed by atoms with Crippen LogP contribution in [0.5, 0.6) is 11.5 Å². The fourth-order valence-electron chi connectivity index (χ4n) is 3.11. The first-order valence-electron chi connectivity index (χ1n) is 9.19. The van der Waals surface area contributed by atoms with Crippen LogP contribution < -0.4 is 9.47 Å². The molecule has 0 atom stereocenters. The molecule has 8 heteroatoms. The van der Waals surface area contributed by atoms with E-state index in [-0.39, 0.29) is 19.0 Å². The fraction of sp³-hybridized carbons (Fsp3) is 0.286. The number of sulfonamides is 1. The second kappa shape index (κ2) is 9.11. The molecule has 0 aromatic heterocycles. The molecule has 3 rings (SSSR count). The molecular formula is C21H24N2O5S. The van der Waals surface area contributed by atoms with E-state index in [4.69, 9.17) is 9.47 Å². The summed E-state index contributed by atoms with van der Waals surface area (Å²) in [6.45, 7) is 1.15. The second-order valence-corrected chi connectivity index (χ2v) is 8.34. The van der Waals surface area contributed by atoms with Crippen LogP contribution in [-0.2, 0) is 10.0 Å². The summed E-state index contributed by atoms with van der Waals surface area (Å²) in [7, 11) is -0.491. The predicted octanol–water partition coefficient (Wildman–Crippen LogP) is 2.46. The topological polar surface area (TPSA) is 76.2 Å². The van der Waals surface area contributed by atoms with Crippen molar-refractivity contribution >= 4 is 22.0 Å². The predicted molar refractivity (Wildman–Crippen MR) is 111 cm³/mol. The van der Waals surface area contributed by atoms with Gasteiger partial charge in [-0.05, 0) is 29.8 Å². The van der Waals surface area contributed by atoms with Crippen LogP contribution >= 0.6 is 0 Å². The summed E-state index contributed by atoms with van der Waals surface area (Å²) in [5, 5.41) is 1.22. The van der Waals surface area contributed by atoms with Gasteiger partial charge in [0.15, 0.2) is 11.5 Å². The van der Waals surface area contributed by atoms with Crippen LogP contribution in [0.4, 0.5) is 0 Å². The maximum absolute atomic E-state index is 12.8. The van der Waals surface area contributed by atoms with Crippen LogP contribution in [0, 0.1) is 0 Å². The molecule has 0 radical (unpaired) electrons. The van der Waals surface area contributed by atoms with Crippen molar-refractivity contribution < 1.29 is 22.7 Å². The number of methoxy groups -OCH3 is 2. The Balaban J connectivity index is 1.64. The zero-order valence-electron chi connectivity index (χ0n) is 16.4. The number of carbonyl (C=O) groups is 1. The van der Waals surface area contributed by atoms with E-state index in [0.717, 1.165) is 5.56 Å². The number of benzene rings is 2. The van der Waals surface area contributed by atoms with Gasteiger partial charge < -0.3 is 14.4 Å². The smallest absolute Gasteiger partial charge is 0.254 e. The van der Waals surface area contributed by atoms with Gasteiger partial charge in [-0.25, -0.2) is 8.42 Å². The molecule has 0 saturated carbocycles. The van der Waals surface area contributed by atoms with Gasteiger partial charge >= 0.3 is 0 Å². The molecule has 0 aliphatic carbocycles. The average Bonchev–Trinajstić information content (AvgIpc) is 2.77. The normalized spacial score (nSPS) is 15.4. The zero-order chi connectivity index (χ0) is 20.9. The zero-order valence-corrected chi connectivity index (χ0v) is 17.3. The molecule has 1 aliphatic rings. The first-order valence-corrected chi connectivity index (χ1v) is 10.7. The lowest BCUT2D eigenvalue weighted by molar-refractivity contribution is 0.0698. The number of rotatable bonds is 6. The maximum atomic E-state index is 12.8. The van der Waals surface area contributed by atoms with Crippen molar-refractivity contribution in [2.75, 3.05) is 40.4 Å². The van der Waals surface area contributed by atoms with E-state index in [1.165, 1.54) is 23.9 Å². The Morgan fingerprint density at radius 3 is 2.21 bits per heavy atom. The van der Waals surface area contributed by atoms with E-state index in [1.807, 2.05) is 30.3 Å². The van der Waals surface area contributed by atoms with Crippen LogP contribution in [0.3, 0.4) is 0 Å². The Labute approximate surface area is 171 Å². The maximum Gasteiger partial charge on any atom is 0.254 e. The van der Waals surface area contributed by atoms with E-state index in [2.05, 4.69) is 0 Å². The van der Waals surface area contributed by atoms with E-state index in [1.54, 1.807) is 29.2 Å². The SMILES string of the molecule is COc1ccc(C(=O)N2CCN(S(=O)(=O)C=Cc3ccccc3)CC2)cc1OC. The molecule has 154 valence electrons. The van der Waals surface area contributed by atoms with Gasteiger partial charge in [-0.15, -0.1) is 0 Å². The third-order valence-electron chi connectivity index (χ3n) is 4.75. The number of amides is 1. The Morgan fingerprint density at radius 1 is 0.931 bits per heavy atom. The Morgan fingerprint density at radius 2 is 1.59 bits per heavy atom. The van der Waals surface area contributed by atoms with Crippen molar-refractivity contribution in [3.63, 3.8) is 0 Å². The lowest BCUT2D eigenvalue weighted by atomic mass is 10.1. The van der Waals surface area contributed by atoms with Gasteiger partial charge in [-0.2, -0.15) is 4.31 Å². The third-order valence-corrected chi connectivity index (χ3v) is 6.31. The van der Waals surface area contributed by atoms with Gasteiger partial charge in [-0.1, -0.05) is 30.3 Å². The van der Waals surface area contributed by atoms with E-state index in [0.29, 0.717) is 30.2 Å². The van der Waals surface area contributed by atoms with Crippen LogP contribution in [0.25, 0.3) is 6.08 Å². The highest BCUT2D eigenvalue weighted by Crippen LogP contribution is 2.28. The summed E-state index contributed by atoms with van der Waals surface area (Å²) in [4.78, 5) is 14.4. The molecule has 2 aromatic rings. The molecule has 1 aliphatic heterocycles. The van der Waals surface area contributed by atoms with Gasteiger partial charge in [0.05, 0.1) is 14.2 Å². The Kier molecular flexibility index (Phi) is 6.56. The van der Waals surface area contributed by atoms with Gasteiger partial charge in [0, 0.05) is 37.2 Å². The van der Waals surface area contributed by atoms with E-state index >= 15 is 0 Å². The monoisotopic (exact) mass is 416 g/mol. The highest BCUT2D eigenvalue weighted by atomic mass is 32.2. The van der Waals surface area contributed by atoms with Crippen LogP contribution in [0.2, 0.25) is 0 Å². The van der Waals surface area contributed by atoms with Gasteiger partial charge in [-0.3, -0.25) is 4.79 Å². The fourth-order valence-corrected chi connectivity index (χ4v) is 4.29. The number of hydrogen-bond acceptors (Lipinski definition) is 5. The third kappa shape index (κ3) is 4.96. The molecule has 0 bridgehead atoms. The number of carbonyl (C=O) groups excluding carboxylic acids is 1. The molecule has 0 N–H and O–H groups in total. The van der Waals surface area contributed by atoms with Crippen molar-refractivity contribution in [2.24, 2.45) is 0 Å². The standard InChI is InChI=1S/C21H24N2O5S/c1-27-19-9-8-18(16-20(19)28-2)21(24)22-11-13-23(14-12-22)29(25,26)15-10-17-6-4-3-5-7-17/h3-10,15-16H,11-14H2,1-2H3. The molecule has 0 unspecified atom stereocenters. The summed E-state index contributed by atoms with van der Waals surface area (Å²) in [6, 6.07) is 14.2.